The minimum absolute atomic E-state index is 0.0791. The molecule has 0 radical (unpaired) electrons. The zero-order chi connectivity index (χ0) is 10.4. The summed E-state index contributed by atoms with van der Waals surface area (Å²) in [6.07, 6.45) is 1.64. The van der Waals surface area contributed by atoms with Gasteiger partial charge in [0.15, 0.2) is 0 Å². The van der Waals surface area contributed by atoms with Crippen LogP contribution in [0.1, 0.15) is 18.5 Å². The smallest absolute Gasteiger partial charge is 0.302 e. The number of aromatic nitrogens is 1. The SMILES string of the molecule is CC(=O)OC[C@H](CO)c1ccccn1. The van der Waals surface area contributed by atoms with Gasteiger partial charge in [-0.3, -0.25) is 9.78 Å². The summed E-state index contributed by atoms with van der Waals surface area (Å²) in [5, 5.41) is 9.06. The number of nitrogens with zero attached hydrogens (tertiary/aromatic N) is 1. The third kappa shape index (κ3) is 3.14. The van der Waals surface area contributed by atoms with E-state index in [2.05, 4.69) is 4.98 Å². The van der Waals surface area contributed by atoms with Crippen LogP contribution in [-0.4, -0.2) is 29.3 Å². The van der Waals surface area contributed by atoms with Crippen LogP contribution in [0.15, 0.2) is 24.4 Å². The Morgan fingerprint density at radius 3 is 2.93 bits per heavy atom. The molecule has 0 aliphatic carbocycles. The largest absolute Gasteiger partial charge is 0.465 e. The van der Waals surface area contributed by atoms with Gasteiger partial charge in [-0.15, -0.1) is 0 Å². The van der Waals surface area contributed by atoms with E-state index in [0.717, 1.165) is 5.69 Å². The van der Waals surface area contributed by atoms with Gasteiger partial charge in [0.2, 0.25) is 0 Å². The fourth-order valence-corrected chi connectivity index (χ4v) is 1.07. The lowest BCUT2D eigenvalue weighted by molar-refractivity contribution is -0.141. The third-order valence-electron chi connectivity index (χ3n) is 1.81. The molecule has 0 aromatic carbocycles. The third-order valence-corrected chi connectivity index (χ3v) is 1.81. The predicted octanol–water partition coefficient (Wildman–Crippen LogP) is 0.721. The van der Waals surface area contributed by atoms with E-state index in [0.29, 0.717) is 0 Å². The zero-order valence-electron chi connectivity index (χ0n) is 8.01. The molecule has 0 saturated carbocycles. The first-order valence-corrected chi connectivity index (χ1v) is 4.39. The molecule has 14 heavy (non-hydrogen) atoms. The highest BCUT2D eigenvalue weighted by atomic mass is 16.5. The van der Waals surface area contributed by atoms with Crippen molar-refractivity contribution in [3.63, 3.8) is 0 Å². The van der Waals surface area contributed by atoms with Gasteiger partial charge in [0.25, 0.3) is 0 Å². The summed E-state index contributed by atoms with van der Waals surface area (Å²) in [4.78, 5) is 14.6. The number of carbonyl (C=O) groups is 1. The molecule has 4 heteroatoms. The second-order valence-corrected chi connectivity index (χ2v) is 2.94. The summed E-state index contributed by atoms with van der Waals surface area (Å²) in [6.45, 7) is 1.43. The number of carbonyl (C=O) groups excluding carboxylic acids is 1. The maximum Gasteiger partial charge on any atom is 0.302 e. The van der Waals surface area contributed by atoms with Gasteiger partial charge in [-0.05, 0) is 12.1 Å². The molecule has 1 aromatic heterocycles. The zero-order valence-corrected chi connectivity index (χ0v) is 8.01. The second kappa shape index (κ2) is 5.34. The first-order valence-electron chi connectivity index (χ1n) is 4.39. The molecular weight excluding hydrogens is 182 g/mol. The molecule has 0 bridgehead atoms. The number of hydrogen-bond donors (Lipinski definition) is 1. The fraction of sp³-hybridized carbons (Fsp3) is 0.400. The number of esters is 1. The topological polar surface area (TPSA) is 59.4 Å². The summed E-state index contributed by atoms with van der Waals surface area (Å²) in [6, 6.07) is 5.42. The minimum atomic E-state index is -0.348. The molecule has 1 N–H and O–H groups in total. The van der Waals surface area contributed by atoms with Crippen molar-refractivity contribution in [2.75, 3.05) is 13.2 Å². The molecule has 1 atom stereocenters. The van der Waals surface area contributed by atoms with E-state index in [9.17, 15) is 4.79 Å². The van der Waals surface area contributed by atoms with Crippen LogP contribution in [0.25, 0.3) is 0 Å². The van der Waals surface area contributed by atoms with Crippen molar-refractivity contribution in [3.05, 3.63) is 30.1 Å². The highest BCUT2D eigenvalue weighted by molar-refractivity contribution is 5.65. The monoisotopic (exact) mass is 195 g/mol. The molecule has 1 aromatic rings. The Hall–Kier alpha value is -1.42. The van der Waals surface area contributed by atoms with E-state index in [1.807, 2.05) is 6.07 Å². The average molecular weight is 195 g/mol. The predicted molar refractivity (Wildman–Crippen MR) is 50.7 cm³/mol. The fourth-order valence-electron chi connectivity index (χ4n) is 1.07. The number of rotatable bonds is 4. The van der Waals surface area contributed by atoms with Crippen LogP contribution in [0.4, 0.5) is 0 Å². The molecule has 0 fully saturated rings. The van der Waals surface area contributed by atoms with Crippen molar-refractivity contribution >= 4 is 5.97 Å². The van der Waals surface area contributed by atoms with Gasteiger partial charge in [0, 0.05) is 18.8 Å². The molecule has 0 aliphatic heterocycles. The Bertz CT molecular complexity index is 287. The molecule has 76 valence electrons. The van der Waals surface area contributed by atoms with E-state index < -0.39 is 0 Å². The standard InChI is InChI=1S/C10H13NO3/c1-8(13)14-7-9(6-12)10-4-2-3-5-11-10/h2-5,9,12H,6-7H2,1H3/t9-/m0/s1. The Balaban J connectivity index is 2.58. The van der Waals surface area contributed by atoms with E-state index in [4.69, 9.17) is 9.84 Å². The lowest BCUT2D eigenvalue weighted by Crippen LogP contribution is -2.15. The Morgan fingerprint density at radius 2 is 2.43 bits per heavy atom. The molecule has 0 spiro atoms. The minimum Gasteiger partial charge on any atom is -0.465 e. The molecule has 0 unspecified atom stereocenters. The van der Waals surface area contributed by atoms with E-state index in [-0.39, 0.29) is 25.1 Å². The molecular formula is C10H13NO3. The molecule has 4 nitrogen and oxygen atoms in total. The lowest BCUT2D eigenvalue weighted by atomic mass is 10.1. The van der Waals surface area contributed by atoms with Crippen LogP contribution in [-0.2, 0) is 9.53 Å². The van der Waals surface area contributed by atoms with Crippen LogP contribution >= 0.6 is 0 Å². The van der Waals surface area contributed by atoms with Crippen LogP contribution in [0.2, 0.25) is 0 Å². The molecule has 1 heterocycles. The lowest BCUT2D eigenvalue weighted by Gasteiger charge is -2.12. The number of hydrogen-bond acceptors (Lipinski definition) is 4. The number of pyridine rings is 1. The second-order valence-electron chi connectivity index (χ2n) is 2.94. The Kier molecular flexibility index (Phi) is 4.07. The van der Waals surface area contributed by atoms with E-state index >= 15 is 0 Å². The molecule has 0 aliphatic rings. The van der Waals surface area contributed by atoms with E-state index in [1.165, 1.54) is 6.92 Å². The first-order chi connectivity index (χ1) is 6.74. The highest BCUT2D eigenvalue weighted by Crippen LogP contribution is 2.12. The van der Waals surface area contributed by atoms with Gasteiger partial charge in [0.1, 0.15) is 6.61 Å². The number of ether oxygens (including phenoxy) is 1. The van der Waals surface area contributed by atoms with Crippen LogP contribution < -0.4 is 0 Å². The maximum atomic E-state index is 10.6. The molecule has 0 amide bonds. The normalized spacial score (nSPS) is 12.1. The van der Waals surface area contributed by atoms with Crippen molar-refractivity contribution < 1.29 is 14.6 Å². The Morgan fingerprint density at radius 1 is 1.64 bits per heavy atom. The first kappa shape index (κ1) is 10.7. The maximum absolute atomic E-state index is 10.6. The van der Waals surface area contributed by atoms with Crippen LogP contribution in [0.3, 0.4) is 0 Å². The summed E-state index contributed by atoms with van der Waals surface area (Å²) in [7, 11) is 0. The number of aliphatic hydroxyl groups is 1. The summed E-state index contributed by atoms with van der Waals surface area (Å²) in [5.74, 6) is -0.584. The van der Waals surface area contributed by atoms with Crippen LogP contribution in [0, 0.1) is 0 Å². The van der Waals surface area contributed by atoms with Gasteiger partial charge in [-0.2, -0.15) is 0 Å². The highest BCUT2D eigenvalue weighted by Gasteiger charge is 2.12. The van der Waals surface area contributed by atoms with Crippen molar-refractivity contribution in [1.29, 1.82) is 0 Å². The van der Waals surface area contributed by atoms with Crippen LogP contribution in [0.5, 0.6) is 0 Å². The average Bonchev–Trinajstić information content (AvgIpc) is 2.20. The summed E-state index contributed by atoms with van der Waals surface area (Å²) >= 11 is 0. The summed E-state index contributed by atoms with van der Waals surface area (Å²) in [5.41, 5.74) is 0.733. The van der Waals surface area contributed by atoms with Crippen molar-refractivity contribution in [2.24, 2.45) is 0 Å². The quantitative estimate of drug-likeness (QED) is 0.719. The van der Waals surface area contributed by atoms with Gasteiger partial charge < -0.3 is 9.84 Å². The van der Waals surface area contributed by atoms with Crippen molar-refractivity contribution in [3.8, 4) is 0 Å². The van der Waals surface area contributed by atoms with Gasteiger partial charge in [0.05, 0.1) is 12.5 Å². The van der Waals surface area contributed by atoms with Gasteiger partial charge in [-0.25, -0.2) is 0 Å². The van der Waals surface area contributed by atoms with Crippen molar-refractivity contribution in [1.82, 2.24) is 4.98 Å². The number of aliphatic hydroxyl groups excluding tert-OH is 1. The summed E-state index contributed by atoms with van der Waals surface area (Å²) < 4.78 is 4.81. The molecule has 1 rings (SSSR count). The Labute approximate surface area is 82.5 Å². The van der Waals surface area contributed by atoms with Gasteiger partial charge >= 0.3 is 5.97 Å². The van der Waals surface area contributed by atoms with Crippen molar-refractivity contribution in [2.45, 2.75) is 12.8 Å². The van der Waals surface area contributed by atoms with E-state index in [1.54, 1.807) is 18.3 Å². The molecule has 0 saturated heterocycles. The van der Waals surface area contributed by atoms with Gasteiger partial charge in [-0.1, -0.05) is 6.07 Å².